The average molecular weight is 237 g/mol. The number of alkyl halides is 1. The molecule has 1 aromatic heterocycles. The number of nitrogens with zero attached hydrogens (tertiary/aromatic N) is 3. The van der Waals surface area contributed by atoms with E-state index in [1.54, 1.807) is 19.0 Å². The lowest BCUT2D eigenvalue weighted by Crippen LogP contribution is -2.09. The van der Waals surface area contributed by atoms with Gasteiger partial charge in [0.05, 0.1) is 0 Å². The van der Waals surface area contributed by atoms with E-state index in [4.69, 9.17) is 5.11 Å². The highest BCUT2D eigenvalue weighted by atomic mass is 32.2. The fourth-order valence-corrected chi connectivity index (χ4v) is 2.11. The molecule has 0 aromatic carbocycles. The minimum Gasteiger partial charge on any atom is -0.478 e. The fraction of sp³-hybridized carbons (Fsp3) is 0.500. The first-order valence-electron chi connectivity index (χ1n) is 3.55. The van der Waals surface area contributed by atoms with E-state index in [2.05, 4.69) is 10.2 Å². The SMILES string of the molecule is CN(C)c1nnc(SC(F)C(=O)O)s1. The Hall–Kier alpha value is -0.890. The van der Waals surface area contributed by atoms with Gasteiger partial charge in [-0.1, -0.05) is 11.3 Å². The summed E-state index contributed by atoms with van der Waals surface area (Å²) in [6, 6.07) is 0. The maximum Gasteiger partial charge on any atom is 0.349 e. The summed E-state index contributed by atoms with van der Waals surface area (Å²) in [6.45, 7) is 0. The van der Waals surface area contributed by atoms with Crippen molar-refractivity contribution in [3.05, 3.63) is 0 Å². The molecule has 0 aliphatic heterocycles. The van der Waals surface area contributed by atoms with E-state index in [1.807, 2.05) is 0 Å². The molecule has 0 amide bonds. The lowest BCUT2D eigenvalue weighted by molar-refractivity contribution is -0.139. The second kappa shape index (κ2) is 4.56. The first-order chi connectivity index (χ1) is 6.50. The van der Waals surface area contributed by atoms with Crippen LogP contribution in [0.3, 0.4) is 0 Å². The number of hydrogen-bond acceptors (Lipinski definition) is 6. The quantitative estimate of drug-likeness (QED) is 0.790. The Morgan fingerprint density at radius 3 is 2.71 bits per heavy atom. The van der Waals surface area contributed by atoms with Gasteiger partial charge in [0.1, 0.15) is 0 Å². The van der Waals surface area contributed by atoms with Crippen molar-refractivity contribution in [2.24, 2.45) is 0 Å². The third-order valence-electron chi connectivity index (χ3n) is 1.18. The largest absolute Gasteiger partial charge is 0.478 e. The predicted octanol–water partition coefficient (Wildman–Crippen LogP) is 1.08. The Kier molecular flexibility index (Phi) is 3.64. The van der Waals surface area contributed by atoms with Crippen LogP contribution in [0.15, 0.2) is 4.34 Å². The van der Waals surface area contributed by atoms with Gasteiger partial charge in [-0.05, 0) is 11.8 Å². The van der Waals surface area contributed by atoms with E-state index in [-0.39, 0.29) is 0 Å². The van der Waals surface area contributed by atoms with Crippen molar-refractivity contribution in [1.29, 1.82) is 0 Å². The van der Waals surface area contributed by atoms with Gasteiger partial charge < -0.3 is 10.0 Å². The highest BCUT2D eigenvalue weighted by Crippen LogP contribution is 2.30. The second-order valence-electron chi connectivity index (χ2n) is 2.52. The lowest BCUT2D eigenvalue weighted by atomic mass is 10.8. The van der Waals surface area contributed by atoms with Gasteiger partial charge in [-0.2, -0.15) is 0 Å². The number of carboxylic acids is 1. The van der Waals surface area contributed by atoms with Gasteiger partial charge in [0, 0.05) is 14.1 Å². The monoisotopic (exact) mass is 237 g/mol. The van der Waals surface area contributed by atoms with Crippen molar-refractivity contribution >= 4 is 34.2 Å². The van der Waals surface area contributed by atoms with Gasteiger partial charge in [0.15, 0.2) is 4.34 Å². The molecule has 0 saturated carbocycles. The van der Waals surface area contributed by atoms with Gasteiger partial charge in [0.2, 0.25) is 10.6 Å². The van der Waals surface area contributed by atoms with Crippen molar-refractivity contribution in [2.45, 2.75) is 9.84 Å². The fourth-order valence-electron chi connectivity index (χ4n) is 0.570. The average Bonchev–Trinajstić information content (AvgIpc) is 2.52. The molecule has 1 rings (SSSR count). The van der Waals surface area contributed by atoms with Crippen molar-refractivity contribution in [3.8, 4) is 0 Å². The zero-order valence-electron chi connectivity index (χ0n) is 7.47. The molecule has 1 aromatic rings. The molecule has 0 bridgehead atoms. The van der Waals surface area contributed by atoms with E-state index in [9.17, 15) is 9.18 Å². The smallest absolute Gasteiger partial charge is 0.349 e. The first kappa shape index (κ1) is 11.2. The maximum absolute atomic E-state index is 12.7. The van der Waals surface area contributed by atoms with Crippen LogP contribution in [0.4, 0.5) is 9.52 Å². The molecule has 0 fully saturated rings. The molecular weight excluding hydrogens is 229 g/mol. The number of halogens is 1. The van der Waals surface area contributed by atoms with Crippen LogP contribution in [0.2, 0.25) is 0 Å². The molecule has 1 unspecified atom stereocenters. The third kappa shape index (κ3) is 2.81. The maximum atomic E-state index is 12.7. The van der Waals surface area contributed by atoms with Crippen molar-refractivity contribution in [2.75, 3.05) is 19.0 Å². The Bertz CT molecular complexity index is 331. The van der Waals surface area contributed by atoms with Crippen molar-refractivity contribution in [1.82, 2.24) is 10.2 Å². The number of thioether (sulfide) groups is 1. The van der Waals surface area contributed by atoms with Crippen LogP contribution in [0, 0.1) is 0 Å². The number of hydrogen-bond donors (Lipinski definition) is 1. The highest BCUT2D eigenvalue weighted by molar-refractivity contribution is 8.02. The highest BCUT2D eigenvalue weighted by Gasteiger charge is 2.20. The topological polar surface area (TPSA) is 66.3 Å². The summed E-state index contributed by atoms with van der Waals surface area (Å²) >= 11 is 1.69. The molecule has 5 nitrogen and oxygen atoms in total. The summed E-state index contributed by atoms with van der Waals surface area (Å²) in [7, 11) is 3.55. The minimum atomic E-state index is -1.99. The molecule has 0 saturated heterocycles. The van der Waals surface area contributed by atoms with Crippen LogP contribution < -0.4 is 4.90 Å². The summed E-state index contributed by atoms with van der Waals surface area (Å²) < 4.78 is 13.0. The predicted molar refractivity (Wildman–Crippen MR) is 52.6 cm³/mol. The molecule has 14 heavy (non-hydrogen) atoms. The Morgan fingerprint density at radius 1 is 1.64 bits per heavy atom. The molecular formula is C6H8FN3O2S2. The van der Waals surface area contributed by atoms with Crippen molar-refractivity contribution < 1.29 is 14.3 Å². The number of carbonyl (C=O) groups is 1. The summed E-state index contributed by atoms with van der Waals surface area (Å²) in [4.78, 5) is 11.9. The minimum absolute atomic E-state index is 0.309. The summed E-state index contributed by atoms with van der Waals surface area (Å²) in [5.74, 6) is -1.50. The lowest BCUT2D eigenvalue weighted by Gasteiger charge is -2.03. The number of anilines is 1. The third-order valence-corrected chi connectivity index (χ3v) is 3.29. The van der Waals surface area contributed by atoms with E-state index in [0.717, 1.165) is 11.3 Å². The first-order valence-corrected chi connectivity index (χ1v) is 5.24. The number of rotatable bonds is 4. The molecule has 0 radical (unpaired) electrons. The molecule has 1 N–H and O–H groups in total. The molecule has 1 heterocycles. The van der Waals surface area contributed by atoms with Gasteiger partial charge in [0.25, 0.3) is 0 Å². The normalized spacial score (nSPS) is 12.5. The molecule has 8 heteroatoms. The Morgan fingerprint density at radius 2 is 2.29 bits per heavy atom. The van der Waals surface area contributed by atoms with Gasteiger partial charge >= 0.3 is 5.97 Å². The molecule has 0 aliphatic carbocycles. The zero-order chi connectivity index (χ0) is 10.7. The number of carboxylic acid groups (broad SMARTS) is 1. The van der Waals surface area contributed by atoms with Crippen LogP contribution in [0.25, 0.3) is 0 Å². The van der Waals surface area contributed by atoms with E-state index < -0.39 is 11.5 Å². The van der Waals surface area contributed by atoms with E-state index in [1.165, 1.54) is 0 Å². The Balaban J connectivity index is 2.64. The molecule has 0 spiro atoms. The summed E-state index contributed by atoms with van der Waals surface area (Å²) in [6.07, 6.45) is 0. The van der Waals surface area contributed by atoms with Crippen LogP contribution in [-0.4, -0.2) is 40.9 Å². The van der Waals surface area contributed by atoms with Crippen LogP contribution in [0.1, 0.15) is 0 Å². The summed E-state index contributed by atoms with van der Waals surface area (Å²) in [5.41, 5.74) is -1.99. The number of aliphatic carboxylic acids is 1. The van der Waals surface area contributed by atoms with E-state index in [0.29, 0.717) is 21.2 Å². The zero-order valence-corrected chi connectivity index (χ0v) is 9.10. The van der Waals surface area contributed by atoms with Gasteiger partial charge in [-0.3, -0.25) is 0 Å². The summed E-state index contributed by atoms with van der Waals surface area (Å²) in [5, 5.41) is 16.3. The van der Waals surface area contributed by atoms with Crippen molar-refractivity contribution in [3.63, 3.8) is 0 Å². The Labute approximate surface area is 87.9 Å². The molecule has 1 atom stereocenters. The number of aromatic nitrogens is 2. The van der Waals surface area contributed by atoms with Crippen LogP contribution in [-0.2, 0) is 4.79 Å². The van der Waals surface area contributed by atoms with E-state index >= 15 is 0 Å². The molecule has 0 aliphatic rings. The molecule has 78 valence electrons. The second-order valence-corrected chi connectivity index (χ2v) is 4.77. The van der Waals surface area contributed by atoms with Crippen LogP contribution in [0.5, 0.6) is 0 Å². The van der Waals surface area contributed by atoms with Gasteiger partial charge in [-0.25, -0.2) is 9.18 Å². The van der Waals surface area contributed by atoms with Crippen LogP contribution >= 0.6 is 23.1 Å². The van der Waals surface area contributed by atoms with Gasteiger partial charge in [-0.15, -0.1) is 10.2 Å². The standard InChI is InChI=1S/C6H8FN3O2S2/c1-10(2)5-8-9-6(14-5)13-3(7)4(11)12/h3H,1-2H3,(H,11,12).